The predicted octanol–water partition coefficient (Wildman–Crippen LogP) is 1.20. The van der Waals surface area contributed by atoms with Crippen LogP contribution < -0.4 is 11.3 Å². The molecule has 15 heavy (non-hydrogen) atoms. The number of hydrazine groups is 1. The maximum absolute atomic E-state index is 13.5. The molecule has 0 saturated carbocycles. The Bertz CT molecular complexity index is 326. The molecule has 0 spiro atoms. The van der Waals surface area contributed by atoms with Crippen molar-refractivity contribution in [3.8, 4) is 0 Å². The molecule has 0 radical (unpaired) electrons. The standard InChI is InChI=1S/C11H18FN3/c1-8-4-5-10(12)9(6-8)11(14-13)7-15(2)3/h4-6,11,14H,7,13H2,1-3H3. The highest BCUT2D eigenvalue weighted by Crippen LogP contribution is 2.18. The lowest BCUT2D eigenvalue weighted by molar-refractivity contribution is 0.339. The van der Waals surface area contributed by atoms with Crippen molar-refractivity contribution in [2.45, 2.75) is 13.0 Å². The maximum atomic E-state index is 13.5. The first-order valence-electron chi connectivity index (χ1n) is 4.91. The molecular weight excluding hydrogens is 193 g/mol. The Balaban J connectivity index is 2.95. The van der Waals surface area contributed by atoms with Crippen molar-refractivity contribution in [1.82, 2.24) is 10.3 Å². The highest BCUT2D eigenvalue weighted by molar-refractivity contribution is 5.27. The minimum absolute atomic E-state index is 0.181. The molecule has 0 aliphatic rings. The zero-order valence-electron chi connectivity index (χ0n) is 9.42. The van der Waals surface area contributed by atoms with Gasteiger partial charge in [-0.1, -0.05) is 17.7 Å². The molecule has 4 heteroatoms. The molecule has 1 rings (SSSR count). The summed E-state index contributed by atoms with van der Waals surface area (Å²) in [5, 5.41) is 0. The van der Waals surface area contributed by atoms with Crippen molar-refractivity contribution in [3.63, 3.8) is 0 Å². The van der Waals surface area contributed by atoms with Gasteiger partial charge < -0.3 is 4.90 Å². The van der Waals surface area contributed by atoms with E-state index >= 15 is 0 Å². The molecular formula is C11H18FN3. The third kappa shape index (κ3) is 3.27. The minimum atomic E-state index is -0.217. The number of likely N-dealkylation sites (N-methyl/N-ethyl adjacent to an activating group) is 1. The van der Waals surface area contributed by atoms with E-state index in [-0.39, 0.29) is 11.9 Å². The van der Waals surface area contributed by atoms with Crippen molar-refractivity contribution in [2.24, 2.45) is 5.84 Å². The van der Waals surface area contributed by atoms with E-state index in [1.54, 1.807) is 6.07 Å². The number of aryl methyl sites for hydroxylation is 1. The summed E-state index contributed by atoms with van der Waals surface area (Å²) in [4.78, 5) is 1.96. The number of hydrogen-bond donors (Lipinski definition) is 2. The van der Waals surface area contributed by atoms with Crippen LogP contribution in [0.15, 0.2) is 18.2 Å². The van der Waals surface area contributed by atoms with Gasteiger partial charge in [-0.15, -0.1) is 0 Å². The van der Waals surface area contributed by atoms with Gasteiger partial charge in [0.2, 0.25) is 0 Å². The Morgan fingerprint density at radius 2 is 2.13 bits per heavy atom. The molecule has 0 aromatic heterocycles. The second kappa shape index (κ2) is 5.21. The van der Waals surface area contributed by atoms with Gasteiger partial charge in [0.25, 0.3) is 0 Å². The molecule has 0 saturated heterocycles. The van der Waals surface area contributed by atoms with E-state index < -0.39 is 0 Å². The summed E-state index contributed by atoms with van der Waals surface area (Å²) in [6, 6.07) is 4.87. The van der Waals surface area contributed by atoms with Crippen LogP contribution in [-0.2, 0) is 0 Å². The van der Waals surface area contributed by atoms with E-state index in [0.29, 0.717) is 12.1 Å². The summed E-state index contributed by atoms with van der Waals surface area (Å²) in [5.74, 6) is 5.21. The lowest BCUT2D eigenvalue weighted by Gasteiger charge is -2.21. The highest BCUT2D eigenvalue weighted by atomic mass is 19.1. The van der Waals surface area contributed by atoms with Gasteiger partial charge >= 0.3 is 0 Å². The molecule has 0 heterocycles. The van der Waals surface area contributed by atoms with Crippen LogP contribution in [0.2, 0.25) is 0 Å². The fourth-order valence-corrected chi connectivity index (χ4v) is 1.54. The van der Waals surface area contributed by atoms with Crippen molar-refractivity contribution in [2.75, 3.05) is 20.6 Å². The average molecular weight is 211 g/mol. The van der Waals surface area contributed by atoms with E-state index in [9.17, 15) is 4.39 Å². The van der Waals surface area contributed by atoms with Crippen LogP contribution in [0.1, 0.15) is 17.2 Å². The normalized spacial score (nSPS) is 13.2. The molecule has 0 aliphatic carbocycles. The maximum Gasteiger partial charge on any atom is 0.128 e. The first-order valence-corrected chi connectivity index (χ1v) is 4.91. The van der Waals surface area contributed by atoms with Crippen LogP contribution >= 0.6 is 0 Å². The SMILES string of the molecule is Cc1ccc(F)c(C(CN(C)C)NN)c1. The van der Waals surface area contributed by atoms with Gasteiger partial charge in [0.1, 0.15) is 5.82 Å². The molecule has 1 unspecified atom stereocenters. The number of hydrogen-bond acceptors (Lipinski definition) is 3. The van der Waals surface area contributed by atoms with Gasteiger partial charge in [0.15, 0.2) is 0 Å². The van der Waals surface area contributed by atoms with E-state index in [1.807, 2.05) is 32.0 Å². The molecule has 1 atom stereocenters. The molecule has 0 amide bonds. The Morgan fingerprint density at radius 3 is 2.67 bits per heavy atom. The van der Waals surface area contributed by atoms with Crippen LogP contribution in [0.3, 0.4) is 0 Å². The van der Waals surface area contributed by atoms with Crippen LogP contribution in [0.4, 0.5) is 4.39 Å². The van der Waals surface area contributed by atoms with E-state index in [1.165, 1.54) is 6.07 Å². The summed E-state index contributed by atoms with van der Waals surface area (Å²) in [7, 11) is 3.86. The topological polar surface area (TPSA) is 41.3 Å². The van der Waals surface area contributed by atoms with E-state index in [0.717, 1.165) is 5.56 Å². The molecule has 0 bridgehead atoms. The van der Waals surface area contributed by atoms with Gasteiger partial charge in [0.05, 0.1) is 6.04 Å². The number of nitrogens with one attached hydrogen (secondary N) is 1. The number of benzene rings is 1. The van der Waals surface area contributed by atoms with Gasteiger partial charge in [-0.2, -0.15) is 0 Å². The second-order valence-electron chi connectivity index (χ2n) is 4.01. The number of rotatable bonds is 4. The Hall–Kier alpha value is -0.970. The van der Waals surface area contributed by atoms with Crippen LogP contribution in [-0.4, -0.2) is 25.5 Å². The monoisotopic (exact) mass is 211 g/mol. The van der Waals surface area contributed by atoms with Crippen molar-refractivity contribution >= 4 is 0 Å². The fraction of sp³-hybridized carbons (Fsp3) is 0.455. The smallest absolute Gasteiger partial charge is 0.128 e. The van der Waals surface area contributed by atoms with Crippen molar-refractivity contribution in [3.05, 3.63) is 35.1 Å². The number of nitrogens with zero attached hydrogens (tertiary/aromatic N) is 1. The summed E-state index contributed by atoms with van der Waals surface area (Å²) >= 11 is 0. The number of nitrogens with two attached hydrogens (primary N) is 1. The van der Waals surface area contributed by atoms with Crippen LogP contribution in [0.5, 0.6) is 0 Å². The summed E-state index contributed by atoms with van der Waals surface area (Å²) < 4.78 is 13.5. The Morgan fingerprint density at radius 1 is 1.47 bits per heavy atom. The fourth-order valence-electron chi connectivity index (χ4n) is 1.54. The van der Waals surface area contributed by atoms with Gasteiger partial charge in [-0.3, -0.25) is 11.3 Å². The van der Waals surface area contributed by atoms with Crippen LogP contribution in [0.25, 0.3) is 0 Å². The lowest BCUT2D eigenvalue weighted by Crippen LogP contribution is -2.36. The number of halogens is 1. The molecule has 1 aromatic rings. The highest BCUT2D eigenvalue weighted by Gasteiger charge is 2.14. The molecule has 0 aliphatic heterocycles. The third-order valence-electron chi connectivity index (χ3n) is 2.28. The zero-order valence-corrected chi connectivity index (χ0v) is 9.42. The van der Waals surface area contributed by atoms with E-state index in [2.05, 4.69) is 5.43 Å². The largest absolute Gasteiger partial charge is 0.307 e. The predicted molar refractivity (Wildman–Crippen MR) is 59.8 cm³/mol. The zero-order chi connectivity index (χ0) is 11.4. The lowest BCUT2D eigenvalue weighted by atomic mass is 10.0. The molecule has 84 valence electrons. The molecule has 3 nitrogen and oxygen atoms in total. The minimum Gasteiger partial charge on any atom is -0.307 e. The van der Waals surface area contributed by atoms with Gasteiger partial charge in [-0.25, -0.2) is 4.39 Å². The van der Waals surface area contributed by atoms with Crippen LogP contribution in [0, 0.1) is 12.7 Å². The quantitative estimate of drug-likeness (QED) is 0.581. The average Bonchev–Trinajstić information content (AvgIpc) is 2.18. The first kappa shape index (κ1) is 12.1. The van der Waals surface area contributed by atoms with Crippen molar-refractivity contribution < 1.29 is 4.39 Å². The Kier molecular flexibility index (Phi) is 4.20. The first-order chi connectivity index (χ1) is 7.04. The Labute approximate surface area is 90.0 Å². The third-order valence-corrected chi connectivity index (χ3v) is 2.28. The summed E-state index contributed by atoms with van der Waals surface area (Å²) in [6.07, 6.45) is 0. The molecule has 3 N–H and O–H groups in total. The van der Waals surface area contributed by atoms with E-state index in [4.69, 9.17) is 5.84 Å². The molecule has 0 fully saturated rings. The van der Waals surface area contributed by atoms with Gasteiger partial charge in [0, 0.05) is 12.1 Å². The second-order valence-corrected chi connectivity index (χ2v) is 4.01. The summed E-state index contributed by atoms with van der Waals surface area (Å²) in [6.45, 7) is 2.60. The molecule has 1 aromatic carbocycles. The van der Waals surface area contributed by atoms with Crippen molar-refractivity contribution in [1.29, 1.82) is 0 Å². The van der Waals surface area contributed by atoms with Gasteiger partial charge in [-0.05, 0) is 27.1 Å². The summed E-state index contributed by atoms with van der Waals surface area (Å²) in [5.41, 5.74) is 4.29.